The molecule has 2 atom stereocenters. The van der Waals surface area contributed by atoms with Gasteiger partial charge in [-0.05, 0) is 38.0 Å². The molecule has 1 aliphatic carbocycles. The number of likely N-dealkylation sites (tertiary alicyclic amines) is 1. The fraction of sp³-hybridized carbons (Fsp3) is 0.368. The van der Waals surface area contributed by atoms with Crippen molar-refractivity contribution in [1.29, 1.82) is 0 Å². The summed E-state index contributed by atoms with van der Waals surface area (Å²) in [6.45, 7) is 2.08. The van der Waals surface area contributed by atoms with E-state index in [9.17, 15) is 14.4 Å². The lowest BCUT2D eigenvalue weighted by atomic mass is 9.85. The zero-order valence-corrected chi connectivity index (χ0v) is 15.2. The summed E-state index contributed by atoms with van der Waals surface area (Å²) in [5.41, 5.74) is 1.61. The van der Waals surface area contributed by atoms with Crippen molar-refractivity contribution in [3.8, 4) is 0 Å². The summed E-state index contributed by atoms with van der Waals surface area (Å²) >= 11 is 1.57. The van der Waals surface area contributed by atoms with Gasteiger partial charge in [-0.15, -0.1) is 11.3 Å². The Hall–Kier alpha value is -2.54. The quantitative estimate of drug-likeness (QED) is 0.664. The Kier molecular flexibility index (Phi) is 4.32. The number of nitrogens with one attached hydrogen (secondary N) is 1. The number of aryl methyl sites for hydroxylation is 1. The van der Waals surface area contributed by atoms with Gasteiger partial charge in [-0.2, -0.15) is 0 Å². The van der Waals surface area contributed by atoms with Crippen LogP contribution in [0.3, 0.4) is 0 Å². The van der Waals surface area contributed by atoms with Crippen LogP contribution < -0.4 is 5.32 Å². The van der Waals surface area contributed by atoms with E-state index in [1.807, 2.05) is 37.3 Å². The molecule has 4 rings (SSSR count). The highest BCUT2D eigenvalue weighted by Gasteiger charge is 2.46. The van der Waals surface area contributed by atoms with Crippen LogP contribution in [0, 0.1) is 18.8 Å². The molecule has 0 saturated carbocycles. The number of nitrogens with zero attached hydrogens (tertiary/aromatic N) is 2. The topological polar surface area (TPSA) is 79.4 Å². The molecule has 0 spiro atoms. The zero-order valence-electron chi connectivity index (χ0n) is 14.4. The molecule has 1 fully saturated rings. The number of amides is 3. The van der Waals surface area contributed by atoms with Gasteiger partial charge in [0, 0.05) is 18.7 Å². The minimum Gasteiger partial charge on any atom is -0.326 e. The van der Waals surface area contributed by atoms with Crippen molar-refractivity contribution in [3.05, 3.63) is 35.4 Å². The largest absolute Gasteiger partial charge is 0.326 e. The van der Waals surface area contributed by atoms with E-state index in [0.717, 1.165) is 15.2 Å². The fourth-order valence-corrected chi connectivity index (χ4v) is 4.51. The molecule has 1 aromatic heterocycles. The van der Waals surface area contributed by atoms with E-state index in [1.54, 1.807) is 11.3 Å². The summed E-state index contributed by atoms with van der Waals surface area (Å²) in [6.07, 6.45) is 5.25. The second-order valence-electron chi connectivity index (χ2n) is 6.70. The second-order valence-corrected chi connectivity index (χ2v) is 7.93. The molecule has 2 heterocycles. The van der Waals surface area contributed by atoms with Gasteiger partial charge in [0.05, 0.1) is 27.1 Å². The number of allylic oxidation sites excluding steroid dienone is 2. The predicted molar refractivity (Wildman–Crippen MR) is 99.7 cm³/mol. The van der Waals surface area contributed by atoms with Crippen LogP contribution in [0.4, 0.5) is 5.69 Å². The van der Waals surface area contributed by atoms with Crippen LogP contribution in [-0.4, -0.2) is 34.2 Å². The highest BCUT2D eigenvalue weighted by molar-refractivity contribution is 7.18. The van der Waals surface area contributed by atoms with Gasteiger partial charge in [0.2, 0.25) is 17.7 Å². The maximum absolute atomic E-state index is 12.4. The van der Waals surface area contributed by atoms with Crippen LogP contribution in [0.5, 0.6) is 0 Å². The van der Waals surface area contributed by atoms with Crippen molar-refractivity contribution in [2.75, 3.05) is 11.9 Å². The number of rotatable bonds is 4. The van der Waals surface area contributed by atoms with Crippen LogP contribution in [0.1, 0.15) is 24.3 Å². The minimum absolute atomic E-state index is 0.101. The van der Waals surface area contributed by atoms with Crippen molar-refractivity contribution >= 4 is 45.0 Å². The monoisotopic (exact) mass is 369 g/mol. The molecular formula is C19H19N3O3S. The lowest BCUT2D eigenvalue weighted by Crippen LogP contribution is -2.34. The average Bonchev–Trinajstić information content (AvgIpc) is 3.11. The van der Waals surface area contributed by atoms with Gasteiger partial charge in [0.25, 0.3) is 0 Å². The van der Waals surface area contributed by atoms with Gasteiger partial charge in [0.1, 0.15) is 0 Å². The Bertz CT molecular complexity index is 907. The van der Waals surface area contributed by atoms with E-state index in [4.69, 9.17) is 0 Å². The van der Waals surface area contributed by atoms with Crippen molar-refractivity contribution in [2.24, 2.45) is 11.8 Å². The summed E-state index contributed by atoms with van der Waals surface area (Å²) < 4.78 is 1.02. The molecule has 0 radical (unpaired) electrons. The first-order valence-corrected chi connectivity index (χ1v) is 9.52. The fourth-order valence-electron chi connectivity index (χ4n) is 3.64. The van der Waals surface area contributed by atoms with Crippen LogP contribution in [-0.2, 0) is 14.4 Å². The zero-order chi connectivity index (χ0) is 18.3. The molecule has 1 aromatic carbocycles. The van der Waals surface area contributed by atoms with Gasteiger partial charge >= 0.3 is 0 Å². The molecule has 2 aromatic rings. The first-order chi connectivity index (χ1) is 12.5. The van der Waals surface area contributed by atoms with Crippen LogP contribution in [0.15, 0.2) is 30.4 Å². The maximum atomic E-state index is 12.4. The van der Waals surface area contributed by atoms with E-state index in [-0.39, 0.29) is 42.5 Å². The summed E-state index contributed by atoms with van der Waals surface area (Å²) in [6, 6.07) is 5.58. The highest BCUT2D eigenvalue weighted by Crippen LogP contribution is 2.35. The number of carbonyl (C=O) groups excluding carboxylic acids is 3. The Morgan fingerprint density at radius 1 is 1.23 bits per heavy atom. The molecule has 1 saturated heterocycles. The molecule has 26 heavy (non-hydrogen) atoms. The summed E-state index contributed by atoms with van der Waals surface area (Å²) in [5, 5.41) is 3.82. The van der Waals surface area contributed by atoms with E-state index >= 15 is 0 Å². The minimum atomic E-state index is -0.243. The summed E-state index contributed by atoms with van der Waals surface area (Å²) in [5.74, 6) is -0.975. The van der Waals surface area contributed by atoms with E-state index in [1.165, 1.54) is 4.90 Å². The number of anilines is 1. The molecule has 2 aliphatic rings. The molecule has 7 heteroatoms. The van der Waals surface area contributed by atoms with Gasteiger partial charge in [-0.25, -0.2) is 4.98 Å². The third-order valence-electron chi connectivity index (χ3n) is 4.94. The standard InChI is InChI=1S/C19H19N3O3S/c1-11-20-15-7-6-12(10-16(15)26-11)21-17(23)8-9-22-18(24)13-4-2-3-5-14(13)19(22)25/h2-3,6-7,10,13-14H,4-5,8-9H2,1H3,(H,21,23)/t13-,14-/m1/s1. The van der Waals surface area contributed by atoms with Crippen molar-refractivity contribution < 1.29 is 14.4 Å². The number of hydrogen-bond acceptors (Lipinski definition) is 5. The average molecular weight is 369 g/mol. The summed E-state index contributed by atoms with van der Waals surface area (Å²) in [4.78, 5) is 42.7. The Morgan fingerprint density at radius 2 is 1.92 bits per heavy atom. The smallest absolute Gasteiger partial charge is 0.233 e. The number of benzene rings is 1. The SMILES string of the molecule is Cc1nc2ccc(NC(=O)CCN3C(=O)[C@@H]4CC=CC[C@H]4C3=O)cc2s1. The van der Waals surface area contributed by atoms with Crippen molar-refractivity contribution in [2.45, 2.75) is 26.2 Å². The number of thiazole rings is 1. The predicted octanol–water partition coefficient (Wildman–Crippen LogP) is 2.88. The van der Waals surface area contributed by atoms with E-state index < -0.39 is 0 Å². The van der Waals surface area contributed by atoms with Crippen molar-refractivity contribution in [1.82, 2.24) is 9.88 Å². The number of hydrogen-bond donors (Lipinski definition) is 1. The van der Waals surface area contributed by atoms with Crippen LogP contribution in [0.25, 0.3) is 10.2 Å². The summed E-state index contributed by atoms with van der Waals surface area (Å²) in [7, 11) is 0. The Morgan fingerprint density at radius 3 is 2.62 bits per heavy atom. The van der Waals surface area contributed by atoms with Crippen molar-refractivity contribution in [3.63, 3.8) is 0 Å². The lowest BCUT2D eigenvalue weighted by molar-refractivity contribution is -0.140. The Labute approximate surface area is 154 Å². The normalized spacial score (nSPS) is 22.1. The number of carbonyl (C=O) groups is 3. The third kappa shape index (κ3) is 3.03. The molecule has 3 amide bonds. The third-order valence-corrected chi connectivity index (χ3v) is 5.87. The first kappa shape index (κ1) is 16.9. The first-order valence-electron chi connectivity index (χ1n) is 8.70. The molecule has 134 valence electrons. The maximum Gasteiger partial charge on any atom is 0.233 e. The number of imide groups is 1. The van der Waals surface area contributed by atoms with Gasteiger partial charge in [-0.1, -0.05) is 12.2 Å². The molecule has 1 aliphatic heterocycles. The van der Waals surface area contributed by atoms with Crippen LogP contribution >= 0.6 is 11.3 Å². The van der Waals surface area contributed by atoms with Gasteiger partial charge in [-0.3, -0.25) is 19.3 Å². The number of aromatic nitrogens is 1. The highest BCUT2D eigenvalue weighted by atomic mass is 32.1. The lowest BCUT2D eigenvalue weighted by Gasteiger charge is -2.14. The molecule has 1 N–H and O–H groups in total. The van der Waals surface area contributed by atoms with Gasteiger partial charge in [0.15, 0.2) is 0 Å². The molecular weight excluding hydrogens is 350 g/mol. The molecule has 0 unspecified atom stereocenters. The van der Waals surface area contributed by atoms with E-state index in [0.29, 0.717) is 18.5 Å². The Balaban J connectivity index is 1.37. The molecule has 6 nitrogen and oxygen atoms in total. The molecule has 0 bridgehead atoms. The van der Waals surface area contributed by atoms with Crippen LogP contribution in [0.2, 0.25) is 0 Å². The van der Waals surface area contributed by atoms with E-state index in [2.05, 4.69) is 10.3 Å². The number of fused-ring (bicyclic) bond motifs is 2. The second kappa shape index (κ2) is 6.64. The van der Waals surface area contributed by atoms with Gasteiger partial charge < -0.3 is 5.32 Å².